The van der Waals surface area contributed by atoms with Gasteiger partial charge in [0.05, 0.1) is 11.4 Å². The lowest BCUT2D eigenvalue weighted by Crippen LogP contribution is -1.83. The number of rotatable bonds is 4. The van der Waals surface area contributed by atoms with Gasteiger partial charge in [0, 0.05) is 23.6 Å². The normalized spacial score (nSPS) is 11.4. The summed E-state index contributed by atoms with van der Waals surface area (Å²) in [4.78, 5) is 8.87. The molecule has 0 aliphatic carbocycles. The first-order valence-electron chi connectivity index (χ1n) is 7.88. The van der Waals surface area contributed by atoms with E-state index in [4.69, 9.17) is 0 Å². The van der Waals surface area contributed by atoms with Gasteiger partial charge in [-0.1, -0.05) is 30.3 Å². The van der Waals surface area contributed by atoms with Crippen LogP contribution >= 0.6 is 0 Å². The zero-order chi connectivity index (χ0) is 17.6. The van der Waals surface area contributed by atoms with E-state index in [1.807, 2.05) is 37.3 Å². The number of aromatic hydroxyl groups is 2. The summed E-state index contributed by atoms with van der Waals surface area (Å²) in [7, 11) is 0. The number of benzene rings is 3. The highest BCUT2D eigenvalue weighted by atomic mass is 16.3. The van der Waals surface area contributed by atoms with E-state index in [0.29, 0.717) is 11.1 Å². The molecule has 0 bridgehead atoms. The van der Waals surface area contributed by atoms with Crippen LogP contribution in [-0.4, -0.2) is 22.6 Å². The maximum Gasteiger partial charge on any atom is 0.124 e. The Morgan fingerprint density at radius 3 is 1.88 bits per heavy atom. The predicted octanol–water partition coefficient (Wildman–Crippen LogP) is 4.91. The van der Waals surface area contributed by atoms with E-state index in [0.717, 1.165) is 16.9 Å². The molecule has 2 N–H and O–H groups in total. The third-order valence-corrected chi connectivity index (χ3v) is 3.76. The molecule has 0 atom stereocenters. The van der Waals surface area contributed by atoms with Crippen LogP contribution in [0.1, 0.15) is 16.7 Å². The van der Waals surface area contributed by atoms with Crippen LogP contribution in [0, 0.1) is 6.92 Å². The zero-order valence-corrected chi connectivity index (χ0v) is 13.8. The van der Waals surface area contributed by atoms with Crippen LogP contribution in [-0.2, 0) is 0 Å². The van der Waals surface area contributed by atoms with Gasteiger partial charge in [-0.2, -0.15) is 0 Å². The number of aryl methyl sites for hydroxylation is 1. The van der Waals surface area contributed by atoms with Crippen LogP contribution in [0.4, 0.5) is 11.4 Å². The zero-order valence-electron chi connectivity index (χ0n) is 13.8. The summed E-state index contributed by atoms with van der Waals surface area (Å²) in [5.74, 6) is 0.383. The molecular formula is C21H18N2O2. The van der Waals surface area contributed by atoms with Gasteiger partial charge >= 0.3 is 0 Å². The van der Waals surface area contributed by atoms with Crippen molar-refractivity contribution >= 4 is 23.8 Å². The number of phenolic OH excluding ortho intramolecular Hbond substituents is 2. The molecule has 3 rings (SSSR count). The average Bonchev–Trinajstić information content (AvgIpc) is 2.62. The number of para-hydroxylation sites is 2. The molecule has 0 aliphatic rings. The smallest absolute Gasteiger partial charge is 0.124 e. The second kappa shape index (κ2) is 7.45. The van der Waals surface area contributed by atoms with Crippen molar-refractivity contribution in [3.8, 4) is 11.5 Å². The lowest BCUT2D eigenvalue weighted by molar-refractivity contribution is 0.474. The molecule has 0 aliphatic heterocycles. The minimum Gasteiger partial charge on any atom is -0.507 e. The van der Waals surface area contributed by atoms with E-state index in [9.17, 15) is 10.2 Å². The monoisotopic (exact) mass is 330 g/mol. The first-order chi connectivity index (χ1) is 12.1. The summed E-state index contributed by atoms with van der Waals surface area (Å²) in [6, 6.07) is 19.8. The van der Waals surface area contributed by atoms with Crippen molar-refractivity contribution < 1.29 is 10.2 Å². The Kier molecular flexibility index (Phi) is 4.90. The van der Waals surface area contributed by atoms with E-state index < -0.39 is 0 Å². The Labute approximate surface area is 146 Å². The fourth-order valence-electron chi connectivity index (χ4n) is 2.29. The molecular weight excluding hydrogens is 312 g/mol. The topological polar surface area (TPSA) is 65.2 Å². The molecule has 0 saturated carbocycles. The van der Waals surface area contributed by atoms with E-state index in [1.54, 1.807) is 48.8 Å². The fraction of sp³-hybridized carbons (Fsp3) is 0.0476. The largest absolute Gasteiger partial charge is 0.507 e. The predicted molar refractivity (Wildman–Crippen MR) is 102 cm³/mol. The highest BCUT2D eigenvalue weighted by Crippen LogP contribution is 2.26. The standard InChI is InChI=1S/C21H18N2O2/c1-15-10-11-18(22-13-16-6-2-4-8-20(16)24)12-19(15)23-14-17-7-3-5-9-21(17)25/h2-14,24-25H,1H3. The second-order valence-electron chi connectivity index (χ2n) is 5.60. The van der Waals surface area contributed by atoms with Crippen molar-refractivity contribution in [3.05, 3.63) is 83.4 Å². The summed E-state index contributed by atoms with van der Waals surface area (Å²) in [5.41, 5.74) is 3.83. The van der Waals surface area contributed by atoms with E-state index in [2.05, 4.69) is 9.98 Å². The quantitative estimate of drug-likeness (QED) is 0.668. The highest BCUT2D eigenvalue weighted by Gasteiger charge is 2.00. The van der Waals surface area contributed by atoms with Crippen LogP contribution in [0.15, 0.2) is 76.7 Å². The molecule has 0 unspecified atom stereocenters. The molecule has 124 valence electrons. The Hall–Kier alpha value is -3.40. The van der Waals surface area contributed by atoms with Gasteiger partial charge in [-0.25, -0.2) is 0 Å². The number of aliphatic imine (C=N–C) groups is 2. The average molecular weight is 330 g/mol. The molecule has 25 heavy (non-hydrogen) atoms. The Morgan fingerprint density at radius 1 is 0.720 bits per heavy atom. The summed E-state index contributed by atoms with van der Waals surface area (Å²) in [6.07, 6.45) is 3.25. The second-order valence-corrected chi connectivity index (χ2v) is 5.60. The number of hydrogen-bond acceptors (Lipinski definition) is 4. The number of phenols is 2. The van der Waals surface area contributed by atoms with Gasteiger partial charge in [0.15, 0.2) is 0 Å². The fourth-order valence-corrected chi connectivity index (χ4v) is 2.29. The number of nitrogens with zero attached hydrogens (tertiary/aromatic N) is 2. The molecule has 4 heteroatoms. The van der Waals surface area contributed by atoms with Gasteiger partial charge in [-0.05, 0) is 48.9 Å². The molecule has 0 spiro atoms. The van der Waals surface area contributed by atoms with Crippen molar-refractivity contribution in [2.75, 3.05) is 0 Å². The molecule has 3 aromatic rings. The Morgan fingerprint density at radius 2 is 1.28 bits per heavy atom. The number of hydrogen-bond donors (Lipinski definition) is 2. The van der Waals surface area contributed by atoms with Gasteiger partial charge in [0.1, 0.15) is 11.5 Å². The van der Waals surface area contributed by atoms with E-state index in [1.165, 1.54) is 0 Å². The van der Waals surface area contributed by atoms with Crippen molar-refractivity contribution in [1.82, 2.24) is 0 Å². The molecule has 4 nitrogen and oxygen atoms in total. The molecule has 0 amide bonds. The van der Waals surface area contributed by atoms with Crippen LogP contribution < -0.4 is 0 Å². The molecule has 0 radical (unpaired) electrons. The summed E-state index contributed by atoms with van der Waals surface area (Å²) in [6.45, 7) is 1.97. The summed E-state index contributed by atoms with van der Waals surface area (Å²) >= 11 is 0. The van der Waals surface area contributed by atoms with Crippen LogP contribution in [0.2, 0.25) is 0 Å². The first kappa shape index (κ1) is 16.5. The minimum absolute atomic E-state index is 0.191. The highest BCUT2D eigenvalue weighted by molar-refractivity contribution is 5.87. The third-order valence-electron chi connectivity index (χ3n) is 3.76. The maximum atomic E-state index is 9.81. The van der Waals surface area contributed by atoms with Crippen molar-refractivity contribution in [3.63, 3.8) is 0 Å². The SMILES string of the molecule is Cc1ccc(N=Cc2ccccc2O)cc1N=Cc1ccccc1O. The Bertz CT molecular complexity index is 946. The van der Waals surface area contributed by atoms with E-state index in [-0.39, 0.29) is 11.5 Å². The Balaban J connectivity index is 1.86. The van der Waals surface area contributed by atoms with Crippen LogP contribution in [0.5, 0.6) is 11.5 Å². The van der Waals surface area contributed by atoms with E-state index >= 15 is 0 Å². The van der Waals surface area contributed by atoms with Crippen molar-refractivity contribution in [1.29, 1.82) is 0 Å². The first-order valence-corrected chi connectivity index (χ1v) is 7.88. The summed E-state index contributed by atoms with van der Waals surface area (Å²) in [5, 5.41) is 19.6. The molecule has 0 fully saturated rings. The van der Waals surface area contributed by atoms with Crippen molar-refractivity contribution in [2.45, 2.75) is 6.92 Å². The maximum absolute atomic E-state index is 9.81. The van der Waals surface area contributed by atoms with Crippen molar-refractivity contribution in [2.24, 2.45) is 9.98 Å². The molecule has 3 aromatic carbocycles. The molecule has 0 heterocycles. The molecule has 0 saturated heterocycles. The molecule has 0 aromatic heterocycles. The third kappa shape index (κ3) is 4.12. The van der Waals surface area contributed by atoms with Gasteiger partial charge in [-0.15, -0.1) is 0 Å². The van der Waals surface area contributed by atoms with Gasteiger partial charge in [0.2, 0.25) is 0 Å². The summed E-state index contributed by atoms with van der Waals surface area (Å²) < 4.78 is 0. The van der Waals surface area contributed by atoms with Gasteiger partial charge in [-0.3, -0.25) is 9.98 Å². The minimum atomic E-state index is 0.191. The van der Waals surface area contributed by atoms with Gasteiger partial charge < -0.3 is 10.2 Å². The van der Waals surface area contributed by atoms with Gasteiger partial charge in [0.25, 0.3) is 0 Å². The lowest BCUT2D eigenvalue weighted by atomic mass is 10.1. The van der Waals surface area contributed by atoms with Crippen LogP contribution in [0.3, 0.4) is 0 Å². The lowest BCUT2D eigenvalue weighted by Gasteiger charge is -2.03. The van der Waals surface area contributed by atoms with Crippen LogP contribution in [0.25, 0.3) is 0 Å².